The van der Waals surface area contributed by atoms with Gasteiger partial charge in [-0.15, -0.1) is 0 Å². The molecule has 2 aliphatic heterocycles. The van der Waals surface area contributed by atoms with Crippen LogP contribution in [0.25, 0.3) is 11.3 Å². The van der Waals surface area contributed by atoms with Crippen molar-refractivity contribution in [1.29, 1.82) is 0 Å². The Hall–Kier alpha value is -3.47. The van der Waals surface area contributed by atoms with Gasteiger partial charge in [-0.1, -0.05) is 35.3 Å². The summed E-state index contributed by atoms with van der Waals surface area (Å²) in [6.07, 6.45) is 4.79. The van der Waals surface area contributed by atoms with E-state index in [4.69, 9.17) is 32.7 Å². The van der Waals surface area contributed by atoms with E-state index in [1.807, 2.05) is 19.1 Å². The Morgan fingerprint density at radius 2 is 1.95 bits per heavy atom. The van der Waals surface area contributed by atoms with Gasteiger partial charge in [-0.25, -0.2) is 15.0 Å². The van der Waals surface area contributed by atoms with Gasteiger partial charge >= 0.3 is 0 Å². The average molecular weight is 571 g/mol. The van der Waals surface area contributed by atoms with E-state index in [0.717, 1.165) is 18.4 Å². The van der Waals surface area contributed by atoms with Crippen LogP contribution in [0.4, 0.5) is 5.95 Å². The summed E-state index contributed by atoms with van der Waals surface area (Å²) in [5.41, 5.74) is 3.25. The Bertz CT molecular complexity index is 1400. The number of pyridine rings is 1. The van der Waals surface area contributed by atoms with Crippen LogP contribution in [0.5, 0.6) is 5.88 Å². The van der Waals surface area contributed by atoms with Crippen molar-refractivity contribution in [3.63, 3.8) is 0 Å². The molecule has 39 heavy (non-hydrogen) atoms. The number of benzene rings is 1. The third kappa shape index (κ3) is 6.08. The van der Waals surface area contributed by atoms with Crippen molar-refractivity contribution < 1.29 is 19.1 Å². The van der Waals surface area contributed by atoms with E-state index in [9.17, 15) is 9.59 Å². The van der Waals surface area contributed by atoms with E-state index in [2.05, 4.69) is 25.6 Å². The lowest BCUT2D eigenvalue weighted by molar-refractivity contribution is -0.122. The fourth-order valence-corrected chi connectivity index (χ4v) is 5.18. The maximum absolute atomic E-state index is 13.2. The predicted molar refractivity (Wildman–Crippen MR) is 147 cm³/mol. The first kappa shape index (κ1) is 27.1. The first-order valence-electron chi connectivity index (χ1n) is 12.6. The van der Waals surface area contributed by atoms with Gasteiger partial charge in [0, 0.05) is 49.2 Å². The molecule has 4 heterocycles. The van der Waals surface area contributed by atoms with Crippen LogP contribution < -0.4 is 15.4 Å². The highest BCUT2D eigenvalue weighted by Crippen LogP contribution is 2.32. The Labute approximate surface area is 236 Å². The van der Waals surface area contributed by atoms with Crippen LogP contribution in [0.1, 0.15) is 47.3 Å². The van der Waals surface area contributed by atoms with Crippen LogP contribution in [-0.2, 0) is 16.1 Å². The van der Waals surface area contributed by atoms with Gasteiger partial charge in [0.25, 0.3) is 5.91 Å². The summed E-state index contributed by atoms with van der Waals surface area (Å²) in [7, 11) is 1.51. The first-order valence-corrected chi connectivity index (χ1v) is 13.4. The Morgan fingerprint density at radius 3 is 2.72 bits per heavy atom. The first-order chi connectivity index (χ1) is 18.8. The van der Waals surface area contributed by atoms with Gasteiger partial charge in [0.1, 0.15) is 6.54 Å². The zero-order valence-corrected chi connectivity index (χ0v) is 23.1. The number of nitrogens with one attached hydrogen (secondary N) is 2. The zero-order chi connectivity index (χ0) is 27.5. The fraction of sp³-hybridized carbons (Fsp3) is 0.370. The number of amides is 2. The third-order valence-electron chi connectivity index (χ3n) is 6.81. The van der Waals surface area contributed by atoms with Crippen LogP contribution in [0.3, 0.4) is 0 Å². The average Bonchev–Trinajstić information content (AvgIpc) is 3.24. The largest absolute Gasteiger partial charge is 0.481 e. The van der Waals surface area contributed by atoms with Crippen LogP contribution >= 0.6 is 23.2 Å². The molecule has 2 amide bonds. The third-order valence-corrected chi connectivity index (χ3v) is 7.40. The fourth-order valence-electron chi connectivity index (χ4n) is 4.72. The Kier molecular flexibility index (Phi) is 8.15. The van der Waals surface area contributed by atoms with Crippen molar-refractivity contribution in [2.45, 2.75) is 38.4 Å². The highest BCUT2D eigenvalue weighted by molar-refractivity contribution is 6.33. The van der Waals surface area contributed by atoms with Crippen molar-refractivity contribution in [2.75, 3.05) is 32.2 Å². The number of aromatic nitrogens is 3. The summed E-state index contributed by atoms with van der Waals surface area (Å²) in [5.74, 6) is 0.335. The SMILES string of the molecule is COc1cc(C(C)NC(=O)CN2Cc3ccc(-c4nc(NC5CCOCC5)ncc4Cl)cc3C2=O)c(Cl)cn1. The van der Waals surface area contributed by atoms with Gasteiger partial charge in [0.05, 0.1) is 35.1 Å². The number of fused-ring (bicyclic) bond motifs is 1. The molecular weight excluding hydrogens is 543 g/mol. The van der Waals surface area contributed by atoms with Gasteiger partial charge in [0.15, 0.2) is 0 Å². The molecule has 0 spiro atoms. The molecule has 2 N–H and O–H groups in total. The smallest absolute Gasteiger partial charge is 0.254 e. The van der Waals surface area contributed by atoms with Gasteiger partial charge in [-0.05, 0) is 37.0 Å². The van der Waals surface area contributed by atoms with Crippen LogP contribution in [0, 0.1) is 0 Å². The molecule has 12 heteroatoms. The van der Waals surface area contributed by atoms with Crippen molar-refractivity contribution >= 4 is 41.0 Å². The number of nitrogens with zero attached hydrogens (tertiary/aromatic N) is 4. The summed E-state index contributed by atoms with van der Waals surface area (Å²) >= 11 is 12.7. The zero-order valence-electron chi connectivity index (χ0n) is 21.5. The normalized spacial score (nSPS) is 16.1. The summed E-state index contributed by atoms with van der Waals surface area (Å²) in [6, 6.07) is 7.02. The van der Waals surface area contributed by atoms with E-state index in [-0.39, 0.29) is 24.4 Å². The standard InChI is InChI=1S/C27H28Cl2N6O4/c1-15(19-10-24(38-2)30-11-21(19)28)32-23(36)14-35-13-17-4-3-16(9-20(17)26(35)37)25-22(29)12-31-27(34-25)33-18-5-7-39-8-6-18/h3-4,9-12,15,18H,5-8,13-14H2,1-2H3,(H,32,36)(H,31,33,34). The molecule has 0 radical (unpaired) electrons. The molecule has 1 unspecified atom stereocenters. The molecule has 3 aromatic rings. The molecule has 0 saturated carbocycles. The lowest BCUT2D eigenvalue weighted by Crippen LogP contribution is -2.38. The van der Waals surface area contributed by atoms with Crippen LogP contribution in [0.15, 0.2) is 36.7 Å². The summed E-state index contributed by atoms with van der Waals surface area (Å²) < 4.78 is 10.6. The minimum absolute atomic E-state index is 0.0968. The van der Waals surface area contributed by atoms with Gasteiger partial charge in [-0.2, -0.15) is 0 Å². The van der Waals surface area contributed by atoms with E-state index in [0.29, 0.717) is 64.0 Å². The van der Waals surface area contributed by atoms with E-state index in [1.54, 1.807) is 18.3 Å². The molecule has 1 fully saturated rings. The molecule has 204 valence electrons. The molecule has 10 nitrogen and oxygen atoms in total. The van der Waals surface area contributed by atoms with Crippen LogP contribution in [-0.4, -0.2) is 64.6 Å². The number of carbonyl (C=O) groups is 2. The quantitative estimate of drug-likeness (QED) is 0.412. The molecular formula is C27H28Cl2N6O4. The molecule has 1 saturated heterocycles. The molecule has 0 bridgehead atoms. The summed E-state index contributed by atoms with van der Waals surface area (Å²) in [5, 5.41) is 7.04. The summed E-state index contributed by atoms with van der Waals surface area (Å²) in [6.45, 7) is 3.44. The topological polar surface area (TPSA) is 119 Å². The molecule has 5 rings (SSSR count). The van der Waals surface area contributed by atoms with Crippen molar-refractivity contribution in [3.05, 3.63) is 63.4 Å². The molecule has 2 aromatic heterocycles. The number of hydrogen-bond acceptors (Lipinski definition) is 8. The predicted octanol–water partition coefficient (Wildman–Crippen LogP) is 4.28. The second-order valence-electron chi connectivity index (χ2n) is 9.49. The van der Waals surface area contributed by atoms with Crippen molar-refractivity contribution in [2.24, 2.45) is 0 Å². The number of hydrogen-bond donors (Lipinski definition) is 2. The van der Waals surface area contributed by atoms with E-state index >= 15 is 0 Å². The highest BCUT2D eigenvalue weighted by Gasteiger charge is 2.30. The van der Waals surface area contributed by atoms with Crippen molar-refractivity contribution in [3.8, 4) is 17.1 Å². The number of methoxy groups -OCH3 is 1. The Morgan fingerprint density at radius 1 is 1.18 bits per heavy atom. The van der Waals surface area contributed by atoms with E-state index < -0.39 is 6.04 Å². The number of anilines is 1. The molecule has 1 aromatic carbocycles. The van der Waals surface area contributed by atoms with E-state index in [1.165, 1.54) is 18.2 Å². The second kappa shape index (κ2) is 11.7. The van der Waals surface area contributed by atoms with Gasteiger partial charge in [0.2, 0.25) is 17.7 Å². The summed E-state index contributed by atoms with van der Waals surface area (Å²) in [4.78, 5) is 40.6. The highest BCUT2D eigenvalue weighted by atomic mass is 35.5. The van der Waals surface area contributed by atoms with Crippen molar-refractivity contribution in [1.82, 2.24) is 25.2 Å². The maximum atomic E-state index is 13.2. The lowest BCUT2D eigenvalue weighted by atomic mass is 10.0. The minimum atomic E-state index is -0.405. The lowest BCUT2D eigenvalue weighted by Gasteiger charge is -2.23. The Balaban J connectivity index is 1.27. The number of carbonyl (C=O) groups excluding carboxylic acids is 2. The van der Waals surface area contributed by atoms with Gasteiger partial charge < -0.3 is 25.0 Å². The number of ether oxygens (including phenoxy) is 2. The minimum Gasteiger partial charge on any atom is -0.481 e. The molecule has 1 atom stereocenters. The molecule has 2 aliphatic rings. The monoisotopic (exact) mass is 570 g/mol. The second-order valence-corrected chi connectivity index (χ2v) is 10.3. The number of halogens is 2. The maximum Gasteiger partial charge on any atom is 0.254 e. The van der Waals surface area contributed by atoms with Crippen LogP contribution in [0.2, 0.25) is 10.0 Å². The van der Waals surface area contributed by atoms with Gasteiger partial charge in [-0.3, -0.25) is 9.59 Å². The number of rotatable bonds is 8. The molecule has 0 aliphatic carbocycles.